The normalized spacial score (nSPS) is 11.4. The summed E-state index contributed by atoms with van der Waals surface area (Å²) in [6.45, 7) is 0. The van der Waals surface area contributed by atoms with Gasteiger partial charge in [0.2, 0.25) is 5.13 Å². The van der Waals surface area contributed by atoms with E-state index < -0.39 is 17.8 Å². The second-order valence-electron chi connectivity index (χ2n) is 5.40. The van der Waals surface area contributed by atoms with Gasteiger partial charge in [0.15, 0.2) is 11.4 Å². The maximum Gasteiger partial charge on any atom is 0.433 e. The molecule has 0 saturated carbocycles. The number of aromatic nitrogens is 3. The minimum atomic E-state index is -4.69. The van der Waals surface area contributed by atoms with E-state index in [0.29, 0.717) is 21.7 Å². The van der Waals surface area contributed by atoms with Gasteiger partial charge in [-0.1, -0.05) is 0 Å². The van der Waals surface area contributed by atoms with Gasteiger partial charge >= 0.3 is 12.1 Å². The lowest BCUT2D eigenvalue weighted by atomic mass is 10.1. The van der Waals surface area contributed by atoms with Crippen LogP contribution in [0.15, 0.2) is 29.6 Å². The zero-order valence-electron chi connectivity index (χ0n) is 14.9. The molecule has 0 aliphatic carbocycles. The van der Waals surface area contributed by atoms with Crippen LogP contribution in [-0.4, -0.2) is 42.1 Å². The van der Waals surface area contributed by atoms with Gasteiger partial charge in [0.25, 0.3) is 0 Å². The molecule has 1 aromatic carbocycles. The fraction of sp³-hybridized carbons (Fsp3) is 0.235. The number of methoxy groups -OCH3 is 3. The van der Waals surface area contributed by atoms with E-state index in [1.54, 1.807) is 18.2 Å². The van der Waals surface area contributed by atoms with Crippen LogP contribution in [0.25, 0.3) is 16.4 Å². The van der Waals surface area contributed by atoms with Crippen LogP contribution in [0.4, 0.5) is 13.2 Å². The number of ether oxygens (including phenoxy) is 3. The fourth-order valence-corrected chi connectivity index (χ4v) is 3.19. The molecule has 0 fully saturated rings. The molecule has 0 saturated heterocycles. The van der Waals surface area contributed by atoms with Crippen molar-refractivity contribution in [2.24, 2.45) is 0 Å². The lowest BCUT2D eigenvalue weighted by molar-refractivity contribution is -0.142. The molecule has 2 aromatic heterocycles. The van der Waals surface area contributed by atoms with E-state index >= 15 is 0 Å². The highest BCUT2D eigenvalue weighted by molar-refractivity contribution is 7.12. The maximum atomic E-state index is 13.6. The van der Waals surface area contributed by atoms with Crippen molar-refractivity contribution in [1.82, 2.24) is 14.8 Å². The molecule has 3 rings (SSSR count). The molecule has 7 nitrogen and oxygen atoms in total. The first-order valence-electron chi connectivity index (χ1n) is 7.72. The van der Waals surface area contributed by atoms with Gasteiger partial charge in [0.1, 0.15) is 11.5 Å². The number of esters is 1. The van der Waals surface area contributed by atoms with E-state index in [2.05, 4.69) is 14.8 Å². The number of nitrogens with zero attached hydrogens (tertiary/aromatic N) is 3. The summed E-state index contributed by atoms with van der Waals surface area (Å²) in [6.07, 6.45) is -4.69. The molecule has 0 bridgehead atoms. The third kappa shape index (κ3) is 3.65. The summed E-state index contributed by atoms with van der Waals surface area (Å²) in [5.41, 5.74) is -0.764. The highest BCUT2D eigenvalue weighted by atomic mass is 32.1. The molecule has 0 aliphatic rings. The molecule has 0 radical (unpaired) electrons. The smallest absolute Gasteiger partial charge is 0.433 e. The molecule has 2 heterocycles. The maximum absolute atomic E-state index is 13.6. The van der Waals surface area contributed by atoms with Gasteiger partial charge in [-0.15, -0.1) is 11.3 Å². The third-order valence-electron chi connectivity index (χ3n) is 3.75. The fourth-order valence-electron chi connectivity index (χ4n) is 2.43. The SMILES string of the molecule is COC(=O)c1csc(-n2nc(-c3ccc(OC)cc3OC)cc2C(F)(F)F)n1. The topological polar surface area (TPSA) is 75.5 Å². The summed E-state index contributed by atoms with van der Waals surface area (Å²) in [6, 6.07) is 5.57. The number of benzene rings is 1. The zero-order chi connectivity index (χ0) is 20.5. The quantitative estimate of drug-likeness (QED) is 0.592. The largest absolute Gasteiger partial charge is 0.497 e. The Hall–Kier alpha value is -3.08. The highest BCUT2D eigenvalue weighted by Gasteiger charge is 2.37. The van der Waals surface area contributed by atoms with E-state index in [0.717, 1.165) is 24.5 Å². The number of carbonyl (C=O) groups excluding carboxylic acids is 1. The first-order chi connectivity index (χ1) is 13.3. The Bertz CT molecular complexity index is 1010. The predicted molar refractivity (Wildman–Crippen MR) is 94.1 cm³/mol. The Morgan fingerprint density at radius 3 is 2.50 bits per heavy atom. The Kier molecular flexibility index (Phi) is 5.27. The number of alkyl halides is 3. The second-order valence-corrected chi connectivity index (χ2v) is 6.23. The molecule has 148 valence electrons. The number of carbonyl (C=O) groups is 1. The Labute approximate surface area is 161 Å². The standard InChI is InChI=1S/C17H14F3N3O4S/c1-25-9-4-5-10(13(6-9)26-2)11-7-14(17(18,19)20)23(22-11)16-21-12(8-28-16)15(24)27-3/h4-8H,1-3H3. The Balaban J connectivity index is 2.14. The summed E-state index contributed by atoms with van der Waals surface area (Å²) in [5.74, 6) is 0.0334. The monoisotopic (exact) mass is 413 g/mol. The molecule has 0 unspecified atom stereocenters. The first-order valence-corrected chi connectivity index (χ1v) is 8.60. The highest BCUT2D eigenvalue weighted by Crippen LogP contribution is 2.38. The van der Waals surface area contributed by atoms with Gasteiger partial charge in [0.05, 0.1) is 27.0 Å². The number of hydrogen-bond donors (Lipinski definition) is 0. The van der Waals surface area contributed by atoms with Crippen molar-refractivity contribution in [3.05, 3.63) is 41.0 Å². The van der Waals surface area contributed by atoms with Gasteiger partial charge in [-0.05, 0) is 18.2 Å². The van der Waals surface area contributed by atoms with E-state index in [4.69, 9.17) is 9.47 Å². The van der Waals surface area contributed by atoms with Crippen molar-refractivity contribution < 1.29 is 32.2 Å². The molecule has 3 aromatic rings. The van der Waals surface area contributed by atoms with Crippen molar-refractivity contribution in [3.8, 4) is 27.9 Å². The van der Waals surface area contributed by atoms with Gasteiger partial charge in [-0.3, -0.25) is 0 Å². The van der Waals surface area contributed by atoms with Crippen molar-refractivity contribution in [3.63, 3.8) is 0 Å². The zero-order valence-corrected chi connectivity index (χ0v) is 15.7. The minimum Gasteiger partial charge on any atom is -0.497 e. The summed E-state index contributed by atoms with van der Waals surface area (Å²) < 4.78 is 56.2. The van der Waals surface area contributed by atoms with Crippen LogP contribution in [0.3, 0.4) is 0 Å². The lowest BCUT2D eigenvalue weighted by Crippen LogP contribution is -2.13. The van der Waals surface area contributed by atoms with Gasteiger partial charge in [-0.25, -0.2) is 14.5 Å². The number of hydrogen-bond acceptors (Lipinski definition) is 7. The van der Waals surface area contributed by atoms with E-state index in [1.807, 2.05) is 0 Å². The van der Waals surface area contributed by atoms with Crippen molar-refractivity contribution in [1.29, 1.82) is 0 Å². The molecule has 0 atom stereocenters. The molecule has 11 heteroatoms. The lowest BCUT2D eigenvalue weighted by Gasteiger charge is -2.08. The molecule has 28 heavy (non-hydrogen) atoms. The molecular weight excluding hydrogens is 399 g/mol. The molecule has 0 N–H and O–H groups in total. The number of rotatable bonds is 5. The molecular formula is C17H14F3N3O4S. The van der Waals surface area contributed by atoms with Crippen LogP contribution < -0.4 is 9.47 Å². The predicted octanol–water partition coefficient (Wildman–Crippen LogP) is 3.82. The first kappa shape index (κ1) is 19.7. The van der Waals surface area contributed by atoms with Crippen LogP contribution in [0, 0.1) is 0 Å². The van der Waals surface area contributed by atoms with Gasteiger partial charge in [-0.2, -0.15) is 18.3 Å². The molecule has 0 spiro atoms. The summed E-state index contributed by atoms with van der Waals surface area (Å²) in [5, 5.41) is 5.23. The van der Waals surface area contributed by atoms with E-state index in [-0.39, 0.29) is 16.5 Å². The summed E-state index contributed by atoms with van der Waals surface area (Å²) in [7, 11) is 4.01. The van der Waals surface area contributed by atoms with Crippen molar-refractivity contribution in [2.45, 2.75) is 6.18 Å². The summed E-state index contributed by atoms with van der Waals surface area (Å²) in [4.78, 5) is 15.4. The van der Waals surface area contributed by atoms with Crippen molar-refractivity contribution >= 4 is 17.3 Å². The van der Waals surface area contributed by atoms with E-state index in [1.165, 1.54) is 19.6 Å². The van der Waals surface area contributed by atoms with E-state index in [9.17, 15) is 18.0 Å². The summed E-state index contributed by atoms with van der Waals surface area (Å²) >= 11 is 0.838. The minimum absolute atomic E-state index is 0.0293. The molecule has 0 amide bonds. The van der Waals surface area contributed by atoms with Crippen LogP contribution in [0.5, 0.6) is 11.5 Å². The number of halogens is 3. The Morgan fingerprint density at radius 2 is 1.89 bits per heavy atom. The number of thiazole rings is 1. The third-order valence-corrected chi connectivity index (χ3v) is 4.57. The average Bonchev–Trinajstić information content (AvgIpc) is 3.33. The van der Waals surface area contributed by atoms with Crippen LogP contribution in [0.1, 0.15) is 16.2 Å². The van der Waals surface area contributed by atoms with Crippen LogP contribution >= 0.6 is 11.3 Å². The van der Waals surface area contributed by atoms with Crippen molar-refractivity contribution in [2.75, 3.05) is 21.3 Å². The van der Waals surface area contributed by atoms with Crippen LogP contribution in [-0.2, 0) is 10.9 Å². The van der Waals surface area contributed by atoms with Crippen LogP contribution in [0.2, 0.25) is 0 Å². The Morgan fingerprint density at radius 1 is 1.14 bits per heavy atom. The van der Waals surface area contributed by atoms with Gasteiger partial charge in [0, 0.05) is 17.0 Å². The molecule has 0 aliphatic heterocycles. The average molecular weight is 413 g/mol. The van der Waals surface area contributed by atoms with Gasteiger partial charge < -0.3 is 14.2 Å². The second kappa shape index (κ2) is 7.50.